The Balaban J connectivity index is 1.73. The van der Waals surface area contributed by atoms with Crippen LogP contribution in [0.3, 0.4) is 0 Å². The van der Waals surface area contributed by atoms with Crippen LogP contribution in [-0.4, -0.2) is 36.8 Å². The maximum atomic E-state index is 13.5. The van der Waals surface area contributed by atoms with Gasteiger partial charge in [0.25, 0.3) is 5.91 Å². The van der Waals surface area contributed by atoms with Gasteiger partial charge in [-0.2, -0.15) is 0 Å². The van der Waals surface area contributed by atoms with Crippen molar-refractivity contribution in [1.82, 2.24) is 4.90 Å². The molecule has 1 aliphatic heterocycles. The van der Waals surface area contributed by atoms with Crippen LogP contribution in [0, 0.1) is 13.8 Å². The van der Waals surface area contributed by atoms with E-state index in [1.54, 1.807) is 12.1 Å². The van der Waals surface area contributed by atoms with Crippen LogP contribution in [0.15, 0.2) is 51.7 Å². The fourth-order valence-electron chi connectivity index (χ4n) is 4.12. The van der Waals surface area contributed by atoms with E-state index in [4.69, 9.17) is 4.42 Å². The molecule has 1 fully saturated rings. The minimum absolute atomic E-state index is 0.0519. The van der Waals surface area contributed by atoms with E-state index in [1.165, 1.54) is 16.5 Å². The van der Waals surface area contributed by atoms with Crippen LogP contribution in [0.2, 0.25) is 0 Å². The van der Waals surface area contributed by atoms with Crippen molar-refractivity contribution in [3.63, 3.8) is 0 Å². The molecule has 0 radical (unpaired) electrons. The fourth-order valence-corrected chi connectivity index (χ4v) is 5.85. The van der Waals surface area contributed by atoms with Crippen LogP contribution in [0.4, 0.5) is 0 Å². The quantitative estimate of drug-likeness (QED) is 0.587. The second-order valence-electron chi connectivity index (χ2n) is 8.57. The Morgan fingerprint density at radius 3 is 2.34 bits per heavy atom. The van der Waals surface area contributed by atoms with E-state index in [9.17, 15) is 18.0 Å². The number of amides is 1. The topological polar surface area (TPSA) is 84.7 Å². The van der Waals surface area contributed by atoms with Gasteiger partial charge in [0, 0.05) is 18.7 Å². The molecule has 6 nitrogen and oxygen atoms in total. The predicted molar refractivity (Wildman–Crippen MR) is 125 cm³/mol. The first-order valence-corrected chi connectivity index (χ1v) is 12.6. The summed E-state index contributed by atoms with van der Waals surface area (Å²) in [5.74, 6) is -0.567. The van der Waals surface area contributed by atoms with Gasteiger partial charge in [-0.3, -0.25) is 9.59 Å². The number of hydrogen-bond donors (Lipinski definition) is 0. The number of benzene rings is 2. The highest BCUT2D eigenvalue weighted by atomic mass is 32.2. The monoisotopic (exact) mass is 453 g/mol. The first-order chi connectivity index (χ1) is 15.2. The molecule has 0 bridgehead atoms. The summed E-state index contributed by atoms with van der Waals surface area (Å²) >= 11 is 0. The molecule has 1 saturated heterocycles. The molecule has 168 valence electrons. The number of carbonyl (C=O) groups is 1. The van der Waals surface area contributed by atoms with Crippen LogP contribution in [0.1, 0.15) is 46.2 Å². The normalized spacial score (nSPS) is 17.5. The summed E-state index contributed by atoms with van der Waals surface area (Å²) in [6.07, 6.45) is 1.28. The molecule has 0 spiro atoms. The minimum Gasteiger partial charge on any atom is -0.451 e. The molecule has 0 N–H and O–H groups in total. The number of aryl methyl sites for hydroxylation is 3. The zero-order chi connectivity index (χ0) is 23.0. The van der Waals surface area contributed by atoms with Gasteiger partial charge >= 0.3 is 0 Å². The third kappa shape index (κ3) is 4.48. The molecule has 3 aromatic rings. The Morgan fingerprint density at radius 2 is 1.72 bits per heavy atom. The van der Waals surface area contributed by atoms with E-state index >= 15 is 0 Å². The van der Waals surface area contributed by atoms with Crippen molar-refractivity contribution in [2.45, 2.75) is 46.2 Å². The molecule has 0 saturated carbocycles. The molecular formula is C25H27NO5S. The Bertz CT molecular complexity index is 1340. The first-order valence-electron chi connectivity index (χ1n) is 10.8. The zero-order valence-electron chi connectivity index (χ0n) is 18.6. The largest absolute Gasteiger partial charge is 0.451 e. The number of sulfone groups is 1. The third-order valence-electron chi connectivity index (χ3n) is 6.25. The summed E-state index contributed by atoms with van der Waals surface area (Å²) in [6, 6.07) is 12.2. The highest BCUT2D eigenvalue weighted by Gasteiger charge is 2.36. The molecule has 7 heteroatoms. The molecule has 0 aliphatic carbocycles. The third-order valence-corrected chi connectivity index (χ3v) is 8.00. The average Bonchev–Trinajstić information content (AvgIpc) is 3.12. The van der Waals surface area contributed by atoms with Crippen molar-refractivity contribution in [1.29, 1.82) is 0 Å². The zero-order valence-corrected chi connectivity index (χ0v) is 19.4. The molecule has 2 heterocycles. The number of nitrogens with zero attached hydrogens (tertiary/aromatic N) is 1. The molecule has 4 rings (SSSR count). The van der Waals surface area contributed by atoms with Crippen molar-refractivity contribution < 1.29 is 17.6 Å². The van der Waals surface area contributed by atoms with Crippen molar-refractivity contribution in [2.24, 2.45) is 0 Å². The first kappa shape index (κ1) is 22.3. The van der Waals surface area contributed by atoms with Gasteiger partial charge in [0.2, 0.25) is 0 Å². The molecule has 2 aromatic carbocycles. The lowest BCUT2D eigenvalue weighted by Gasteiger charge is -2.28. The van der Waals surface area contributed by atoms with Crippen molar-refractivity contribution >= 4 is 26.7 Å². The second kappa shape index (κ2) is 8.54. The lowest BCUT2D eigenvalue weighted by Crippen LogP contribution is -2.40. The van der Waals surface area contributed by atoms with Gasteiger partial charge < -0.3 is 9.32 Å². The standard InChI is InChI=1S/C25H27NO5S/c1-4-18-5-7-19(8-6-18)14-26(20-9-10-32(29,30)15-20)25(28)24-13-22(27)21-11-16(2)17(3)12-23(21)31-24/h5-8,11-13,20H,4,9-10,14-15H2,1-3H3/t20-/m0/s1. The minimum atomic E-state index is -3.20. The van der Waals surface area contributed by atoms with Gasteiger partial charge in [-0.15, -0.1) is 0 Å². The van der Waals surface area contributed by atoms with Crippen molar-refractivity contribution in [3.05, 3.63) is 80.7 Å². The summed E-state index contributed by atoms with van der Waals surface area (Å²) in [5.41, 5.74) is 4.08. The fraction of sp³-hybridized carbons (Fsp3) is 0.360. The molecule has 1 atom stereocenters. The molecule has 1 aliphatic rings. The maximum absolute atomic E-state index is 13.5. The molecule has 32 heavy (non-hydrogen) atoms. The molecular weight excluding hydrogens is 426 g/mol. The van der Waals surface area contributed by atoms with Crippen LogP contribution in [0.5, 0.6) is 0 Å². The highest BCUT2D eigenvalue weighted by molar-refractivity contribution is 7.91. The van der Waals surface area contributed by atoms with Gasteiger partial charge in [-0.1, -0.05) is 31.2 Å². The lowest BCUT2D eigenvalue weighted by atomic mass is 10.1. The second-order valence-corrected chi connectivity index (χ2v) is 10.8. The molecule has 0 unspecified atom stereocenters. The SMILES string of the molecule is CCc1ccc(CN(C(=O)c2cc(=O)c3cc(C)c(C)cc3o2)[C@H]2CCS(=O)(=O)C2)cc1. The van der Waals surface area contributed by atoms with Gasteiger partial charge in [0.05, 0.1) is 16.9 Å². The van der Waals surface area contributed by atoms with E-state index in [1.807, 2.05) is 38.1 Å². The lowest BCUT2D eigenvalue weighted by molar-refractivity contribution is 0.0648. The molecule has 1 aromatic heterocycles. The summed E-state index contributed by atoms with van der Waals surface area (Å²) in [7, 11) is -3.20. The summed E-state index contributed by atoms with van der Waals surface area (Å²) in [5, 5.41) is 0.426. The van der Waals surface area contributed by atoms with E-state index in [2.05, 4.69) is 6.92 Å². The van der Waals surface area contributed by atoms with E-state index in [-0.39, 0.29) is 29.2 Å². The maximum Gasteiger partial charge on any atom is 0.290 e. The van der Waals surface area contributed by atoms with Crippen LogP contribution >= 0.6 is 0 Å². The summed E-state index contributed by atoms with van der Waals surface area (Å²) in [4.78, 5) is 27.8. The number of rotatable bonds is 5. The van der Waals surface area contributed by atoms with E-state index in [0.717, 1.165) is 23.1 Å². The Kier molecular flexibility index (Phi) is 5.95. The van der Waals surface area contributed by atoms with Crippen LogP contribution < -0.4 is 5.43 Å². The average molecular weight is 454 g/mol. The number of carbonyl (C=O) groups excluding carboxylic acids is 1. The van der Waals surface area contributed by atoms with Crippen LogP contribution in [0.25, 0.3) is 11.0 Å². The Labute approximate surface area is 187 Å². The summed E-state index contributed by atoms with van der Waals surface area (Å²) in [6.45, 7) is 6.15. The summed E-state index contributed by atoms with van der Waals surface area (Å²) < 4.78 is 30.1. The van der Waals surface area contributed by atoms with Gasteiger partial charge in [0.1, 0.15) is 5.58 Å². The number of fused-ring (bicyclic) bond motifs is 1. The smallest absolute Gasteiger partial charge is 0.290 e. The van der Waals surface area contributed by atoms with Gasteiger partial charge in [-0.05, 0) is 61.1 Å². The Morgan fingerprint density at radius 1 is 1.06 bits per heavy atom. The van der Waals surface area contributed by atoms with E-state index in [0.29, 0.717) is 17.4 Å². The predicted octanol–water partition coefficient (Wildman–Crippen LogP) is 3.80. The van der Waals surface area contributed by atoms with Crippen LogP contribution in [-0.2, 0) is 22.8 Å². The van der Waals surface area contributed by atoms with Gasteiger partial charge in [-0.25, -0.2) is 8.42 Å². The van der Waals surface area contributed by atoms with Crippen molar-refractivity contribution in [3.8, 4) is 0 Å². The van der Waals surface area contributed by atoms with E-state index < -0.39 is 21.8 Å². The molecule has 1 amide bonds. The number of hydrogen-bond acceptors (Lipinski definition) is 5. The van der Waals surface area contributed by atoms with Gasteiger partial charge in [0.15, 0.2) is 21.0 Å². The Hall–Kier alpha value is -2.93. The highest BCUT2D eigenvalue weighted by Crippen LogP contribution is 2.24. The van der Waals surface area contributed by atoms with Crippen molar-refractivity contribution in [2.75, 3.05) is 11.5 Å².